The van der Waals surface area contributed by atoms with E-state index in [0.29, 0.717) is 6.54 Å². The molecule has 1 unspecified atom stereocenters. The highest BCUT2D eigenvalue weighted by Crippen LogP contribution is 2.20. The first-order valence-corrected chi connectivity index (χ1v) is 11.1. The van der Waals surface area contributed by atoms with Gasteiger partial charge in [-0.2, -0.15) is 0 Å². The van der Waals surface area contributed by atoms with Crippen molar-refractivity contribution in [3.8, 4) is 0 Å². The predicted octanol–water partition coefficient (Wildman–Crippen LogP) is 3.99. The van der Waals surface area contributed by atoms with Gasteiger partial charge in [-0.3, -0.25) is 9.59 Å². The molecule has 2 N–H and O–H groups in total. The summed E-state index contributed by atoms with van der Waals surface area (Å²) in [6.07, 6.45) is 6.91. The number of hydrogen-bond donors (Lipinski definition) is 2. The van der Waals surface area contributed by atoms with E-state index in [-0.39, 0.29) is 6.04 Å². The number of rotatable bonds is 7. The third-order valence-electron chi connectivity index (χ3n) is 5.69. The van der Waals surface area contributed by atoms with Crippen LogP contribution in [0.25, 0.3) is 0 Å². The van der Waals surface area contributed by atoms with Crippen LogP contribution in [0.3, 0.4) is 0 Å². The highest BCUT2D eigenvalue weighted by Gasteiger charge is 2.16. The molecule has 0 aromatic heterocycles. The second-order valence-electron chi connectivity index (χ2n) is 8.03. The minimum atomic E-state index is -0.590. The summed E-state index contributed by atoms with van der Waals surface area (Å²) in [5.41, 5.74) is 3.53. The van der Waals surface area contributed by atoms with E-state index in [1.807, 2.05) is 37.3 Å². The van der Waals surface area contributed by atoms with Gasteiger partial charge in [-0.15, -0.1) is 0 Å². The summed E-state index contributed by atoms with van der Waals surface area (Å²) in [6, 6.07) is 18.2. The monoisotopic (exact) mass is 407 g/mol. The second kappa shape index (κ2) is 11.4. The SMILES string of the molecule is CC(NC(=O)C(=O)NCCCc1ccc(N2CCCCCC2)cc1)c1ccccc1. The standard InChI is InChI=1S/C25H33N3O2/c1-20(22-11-5-4-6-12-22)27-25(30)24(29)26-17-9-10-21-13-15-23(16-14-21)28-18-7-2-3-8-19-28/h4-6,11-16,20H,2-3,7-10,17-19H2,1H3,(H,26,29)(H,27,30). The van der Waals surface area contributed by atoms with Crippen LogP contribution in [0.15, 0.2) is 54.6 Å². The molecule has 0 aliphatic carbocycles. The Balaban J connectivity index is 1.36. The van der Waals surface area contributed by atoms with E-state index >= 15 is 0 Å². The molecule has 5 heteroatoms. The van der Waals surface area contributed by atoms with Crippen LogP contribution in [0.2, 0.25) is 0 Å². The van der Waals surface area contributed by atoms with Crippen LogP contribution in [0.1, 0.15) is 56.2 Å². The lowest BCUT2D eigenvalue weighted by Gasteiger charge is -2.22. The van der Waals surface area contributed by atoms with Crippen LogP contribution in [-0.4, -0.2) is 31.4 Å². The smallest absolute Gasteiger partial charge is 0.309 e. The zero-order valence-electron chi connectivity index (χ0n) is 17.9. The van der Waals surface area contributed by atoms with Crippen molar-refractivity contribution in [3.05, 3.63) is 65.7 Å². The van der Waals surface area contributed by atoms with Gasteiger partial charge in [0.2, 0.25) is 0 Å². The lowest BCUT2D eigenvalue weighted by Crippen LogP contribution is -2.41. The van der Waals surface area contributed by atoms with Crippen LogP contribution in [0, 0.1) is 0 Å². The molecular formula is C25H33N3O2. The fourth-order valence-corrected chi connectivity index (χ4v) is 3.86. The topological polar surface area (TPSA) is 61.4 Å². The summed E-state index contributed by atoms with van der Waals surface area (Å²) < 4.78 is 0. The van der Waals surface area contributed by atoms with Gasteiger partial charge in [-0.05, 0) is 55.9 Å². The van der Waals surface area contributed by atoms with Crippen molar-refractivity contribution in [1.82, 2.24) is 10.6 Å². The molecule has 160 valence electrons. The molecule has 1 atom stereocenters. The molecule has 2 aromatic carbocycles. The van der Waals surface area contributed by atoms with E-state index in [2.05, 4.69) is 39.8 Å². The van der Waals surface area contributed by atoms with Crippen LogP contribution < -0.4 is 15.5 Å². The summed E-state index contributed by atoms with van der Waals surface area (Å²) in [4.78, 5) is 26.6. The maximum absolute atomic E-state index is 12.1. The Hall–Kier alpha value is -2.82. The Morgan fingerprint density at radius 2 is 1.57 bits per heavy atom. The van der Waals surface area contributed by atoms with Gasteiger partial charge in [0, 0.05) is 25.3 Å². The van der Waals surface area contributed by atoms with Crippen molar-refractivity contribution < 1.29 is 9.59 Å². The molecule has 0 bridgehead atoms. The van der Waals surface area contributed by atoms with Gasteiger partial charge in [-0.25, -0.2) is 0 Å². The van der Waals surface area contributed by atoms with Crippen molar-refractivity contribution in [3.63, 3.8) is 0 Å². The number of aryl methyl sites for hydroxylation is 1. The van der Waals surface area contributed by atoms with Gasteiger partial charge in [0.05, 0.1) is 6.04 Å². The zero-order chi connectivity index (χ0) is 21.2. The van der Waals surface area contributed by atoms with E-state index in [1.165, 1.54) is 36.9 Å². The van der Waals surface area contributed by atoms with E-state index < -0.39 is 11.8 Å². The highest BCUT2D eigenvalue weighted by atomic mass is 16.2. The summed E-state index contributed by atoms with van der Waals surface area (Å²) in [6.45, 7) is 4.66. The average molecular weight is 408 g/mol. The van der Waals surface area contributed by atoms with Gasteiger partial charge < -0.3 is 15.5 Å². The number of carbonyl (C=O) groups is 2. The predicted molar refractivity (Wildman–Crippen MR) is 121 cm³/mol. The quantitative estimate of drug-likeness (QED) is 0.539. The van der Waals surface area contributed by atoms with E-state index in [1.54, 1.807) is 0 Å². The molecule has 0 spiro atoms. The fourth-order valence-electron chi connectivity index (χ4n) is 3.86. The molecule has 3 rings (SSSR count). The lowest BCUT2D eigenvalue weighted by atomic mass is 10.1. The fraction of sp³-hybridized carbons (Fsp3) is 0.440. The molecule has 1 saturated heterocycles. The Morgan fingerprint density at radius 3 is 2.23 bits per heavy atom. The van der Waals surface area contributed by atoms with Crippen LogP contribution >= 0.6 is 0 Å². The van der Waals surface area contributed by atoms with Gasteiger partial charge in [-0.1, -0.05) is 55.3 Å². The zero-order valence-corrected chi connectivity index (χ0v) is 17.9. The lowest BCUT2D eigenvalue weighted by molar-refractivity contribution is -0.139. The van der Waals surface area contributed by atoms with E-state index in [4.69, 9.17) is 0 Å². The van der Waals surface area contributed by atoms with Crippen molar-refractivity contribution in [1.29, 1.82) is 0 Å². The van der Waals surface area contributed by atoms with Crippen LogP contribution in [0.4, 0.5) is 5.69 Å². The number of carbonyl (C=O) groups excluding carboxylic acids is 2. The third kappa shape index (κ3) is 6.61. The molecule has 2 aromatic rings. The largest absolute Gasteiger partial charge is 0.372 e. The number of anilines is 1. The molecule has 0 saturated carbocycles. The molecule has 1 aliphatic heterocycles. The Labute approximate surface area is 179 Å². The molecule has 1 heterocycles. The second-order valence-corrected chi connectivity index (χ2v) is 8.03. The number of benzene rings is 2. The Kier molecular flexibility index (Phi) is 8.30. The Morgan fingerprint density at radius 1 is 0.900 bits per heavy atom. The van der Waals surface area contributed by atoms with Gasteiger partial charge >= 0.3 is 11.8 Å². The number of nitrogens with one attached hydrogen (secondary N) is 2. The van der Waals surface area contributed by atoms with Gasteiger partial charge in [0.15, 0.2) is 0 Å². The minimum absolute atomic E-state index is 0.202. The maximum Gasteiger partial charge on any atom is 0.309 e. The van der Waals surface area contributed by atoms with Crippen molar-refractivity contribution >= 4 is 17.5 Å². The first-order chi connectivity index (χ1) is 14.6. The first-order valence-electron chi connectivity index (χ1n) is 11.1. The Bertz CT molecular complexity index is 797. The molecule has 5 nitrogen and oxygen atoms in total. The first kappa shape index (κ1) is 21.9. The van der Waals surface area contributed by atoms with Gasteiger partial charge in [0.25, 0.3) is 0 Å². The van der Waals surface area contributed by atoms with Gasteiger partial charge in [0.1, 0.15) is 0 Å². The van der Waals surface area contributed by atoms with Crippen LogP contribution in [0.5, 0.6) is 0 Å². The molecule has 2 amide bonds. The maximum atomic E-state index is 12.1. The summed E-state index contributed by atoms with van der Waals surface area (Å²) in [5.74, 6) is -1.16. The van der Waals surface area contributed by atoms with E-state index in [9.17, 15) is 9.59 Å². The molecule has 0 radical (unpaired) electrons. The molecule has 1 aliphatic rings. The third-order valence-corrected chi connectivity index (χ3v) is 5.69. The normalized spacial score (nSPS) is 15.2. The molecular weight excluding hydrogens is 374 g/mol. The van der Waals surface area contributed by atoms with E-state index in [0.717, 1.165) is 31.5 Å². The molecule has 30 heavy (non-hydrogen) atoms. The van der Waals surface area contributed by atoms with Crippen molar-refractivity contribution in [2.75, 3.05) is 24.5 Å². The highest BCUT2D eigenvalue weighted by molar-refractivity contribution is 6.35. The minimum Gasteiger partial charge on any atom is -0.372 e. The molecule has 1 fully saturated rings. The van der Waals surface area contributed by atoms with Crippen molar-refractivity contribution in [2.24, 2.45) is 0 Å². The van der Waals surface area contributed by atoms with Crippen molar-refractivity contribution in [2.45, 2.75) is 51.5 Å². The number of nitrogens with zero attached hydrogens (tertiary/aromatic N) is 1. The van der Waals surface area contributed by atoms with Crippen LogP contribution in [-0.2, 0) is 16.0 Å². The average Bonchev–Trinajstić information content (AvgIpc) is 3.07. The number of hydrogen-bond acceptors (Lipinski definition) is 3. The summed E-state index contributed by atoms with van der Waals surface area (Å²) in [5, 5.41) is 5.46. The summed E-state index contributed by atoms with van der Waals surface area (Å²) in [7, 11) is 0. The number of amides is 2. The summed E-state index contributed by atoms with van der Waals surface area (Å²) >= 11 is 0.